The van der Waals surface area contributed by atoms with Crippen molar-refractivity contribution >= 4 is 29.9 Å². The van der Waals surface area contributed by atoms with Gasteiger partial charge in [0.15, 0.2) is 5.96 Å². The van der Waals surface area contributed by atoms with Crippen molar-refractivity contribution < 1.29 is 4.42 Å². The Morgan fingerprint density at radius 2 is 2.09 bits per heavy atom. The highest BCUT2D eigenvalue weighted by atomic mass is 127. The predicted molar refractivity (Wildman–Crippen MR) is 99.7 cm³/mol. The zero-order valence-corrected chi connectivity index (χ0v) is 15.8. The van der Waals surface area contributed by atoms with Gasteiger partial charge in [0.1, 0.15) is 11.5 Å². The van der Waals surface area contributed by atoms with E-state index in [0.29, 0.717) is 18.5 Å². The fourth-order valence-corrected chi connectivity index (χ4v) is 3.01. The lowest BCUT2D eigenvalue weighted by atomic mass is 10.2. The summed E-state index contributed by atoms with van der Waals surface area (Å²) in [7, 11) is 2.04. The number of furan rings is 1. The molecule has 2 fully saturated rings. The van der Waals surface area contributed by atoms with Crippen molar-refractivity contribution in [1.29, 1.82) is 0 Å². The first-order chi connectivity index (χ1) is 10.1. The maximum Gasteiger partial charge on any atom is 0.191 e. The van der Waals surface area contributed by atoms with Crippen molar-refractivity contribution in [1.82, 2.24) is 9.80 Å². The highest BCUT2D eigenvalue weighted by molar-refractivity contribution is 14.0. The summed E-state index contributed by atoms with van der Waals surface area (Å²) in [6, 6.07) is 4.92. The molecule has 0 bridgehead atoms. The number of hydrogen-bond donors (Lipinski definition) is 1. The van der Waals surface area contributed by atoms with Crippen LogP contribution in [0.25, 0.3) is 0 Å². The van der Waals surface area contributed by atoms with Crippen LogP contribution >= 0.6 is 24.0 Å². The molecule has 0 aromatic carbocycles. The van der Waals surface area contributed by atoms with Crippen LogP contribution in [0.4, 0.5) is 0 Å². The fourth-order valence-electron chi connectivity index (χ4n) is 3.01. The minimum Gasteiger partial charge on any atom is -0.465 e. The van der Waals surface area contributed by atoms with Crippen LogP contribution in [0.1, 0.15) is 43.2 Å². The third kappa shape index (κ3) is 4.16. The van der Waals surface area contributed by atoms with Gasteiger partial charge in [-0.2, -0.15) is 0 Å². The third-order valence-electron chi connectivity index (χ3n) is 4.55. The van der Waals surface area contributed by atoms with Gasteiger partial charge in [-0.1, -0.05) is 0 Å². The number of nitrogens with zero attached hydrogens (tertiary/aromatic N) is 3. The second-order valence-electron chi connectivity index (χ2n) is 6.25. The lowest BCUT2D eigenvalue weighted by Crippen LogP contribution is -2.37. The van der Waals surface area contributed by atoms with Crippen LogP contribution in [0.3, 0.4) is 0 Å². The maximum atomic E-state index is 6.12. The lowest BCUT2D eigenvalue weighted by molar-refractivity contribution is 0.219. The van der Waals surface area contributed by atoms with Crippen LogP contribution in [-0.2, 0) is 0 Å². The number of rotatable bonds is 5. The van der Waals surface area contributed by atoms with Gasteiger partial charge in [0.05, 0.1) is 12.6 Å². The number of hydrogen-bond acceptors (Lipinski definition) is 3. The van der Waals surface area contributed by atoms with E-state index in [2.05, 4.69) is 20.9 Å². The Morgan fingerprint density at radius 1 is 1.41 bits per heavy atom. The molecule has 1 aromatic rings. The summed E-state index contributed by atoms with van der Waals surface area (Å²) in [6.45, 7) is 4.91. The predicted octanol–water partition coefficient (Wildman–Crippen LogP) is 2.75. The Hall–Kier alpha value is -0.760. The second-order valence-corrected chi connectivity index (χ2v) is 6.25. The molecule has 1 atom stereocenters. The van der Waals surface area contributed by atoms with Crippen molar-refractivity contribution in [2.75, 3.05) is 26.7 Å². The van der Waals surface area contributed by atoms with Crippen LogP contribution in [0.5, 0.6) is 0 Å². The molecule has 1 unspecified atom stereocenters. The topological polar surface area (TPSA) is 58.0 Å². The van der Waals surface area contributed by atoms with Crippen molar-refractivity contribution in [2.45, 2.75) is 44.7 Å². The number of likely N-dealkylation sites (tertiary alicyclic amines) is 1. The summed E-state index contributed by atoms with van der Waals surface area (Å²) in [4.78, 5) is 9.20. The van der Waals surface area contributed by atoms with Crippen LogP contribution in [0.15, 0.2) is 21.5 Å². The summed E-state index contributed by atoms with van der Waals surface area (Å²) in [5.74, 6) is 2.63. The molecule has 2 heterocycles. The van der Waals surface area contributed by atoms with Gasteiger partial charge in [-0.15, -0.1) is 24.0 Å². The highest BCUT2D eigenvalue weighted by Crippen LogP contribution is 2.28. The molecule has 5 nitrogen and oxygen atoms in total. The van der Waals surface area contributed by atoms with E-state index < -0.39 is 0 Å². The van der Waals surface area contributed by atoms with E-state index in [1.54, 1.807) is 0 Å². The molecule has 1 aliphatic heterocycles. The molecule has 124 valence electrons. The fraction of sp³-hybridized carbons (Fsp3) is 0.688. The normalized spacial score (nSPS) is 20.7. The van der Waals surface area contributed by atoms with Crippen molar-refractivity contribution in [3.8, 4) is 0 Å². The van der Waals surface area contributed by atoms with Gasteiger partial charge in [0.25, 0.3) is 0 Å². The third-order valence-corrected chi connectivity index (χ3v) is 4.55. The molecule has 1 saturated carbocycles. The molecule has 0 amide bonds. The Morgan fingerprint density at radius 3 is 2.64 bits per heavy atom. The van der Waals surface area contributed by atoms with E-state index >= 15 is 0 Å². The Kier molecular flexibility index (Phi) is 6.14. The highest BCUT2D eigenvalue weighted by Gasteiger charge is 2.29. The summed E-state index contributed by atoms with van der Waals surface area (Å²) >= 11 is 0. The molecule has 1 aliphatic carbocycles. The SMILES string of the molecule is Cc1ccc(C(CN=C(N)N(C)C2CC2)N2CCCC2)o1.I. The zero-order chi connectivity index (χ0) is 14.8. The zero-order valence-electron chi connectivity index (χ0n) is 13.5. The van der Waals surface area contributed by atoms with Crippen LogP contribution < -0.4 is 5.73 Å². The number of aryl methyl sites for hydroxylation is 1. The molecular weight excluding hydrogens is 391 g/mol. The van der Waals surface area contributed by atoms with Gasteiger partial charge in [-0.25, -0.2) is 0 Å². The quantitative estimate of drug-likeness (QED) is 0.454. The van der Waals surface area contributed by atoms with Gasteiger partial charge >= 0.3 is 0 Å². The molecule has 1 aromatic heterocycles. The number of halogens is 1. The smallest absolute Gasteiger partial charge is 0.191 e. The summed E-state index contributed by atoms with van der Waals surface area (Å²) < 4.78 is 5.85. The van der Waals surface area contributed by atoms with Crippen LogP contribution in [0, 0.1) is 6.92 Å². The summed E-state index contributed by atoms with van der Waals surface area (Å²) in [5.41, 5.74) is 6.12. The Labute approximate surface area is 149 Å². The van der Waals surface area contributed by atoms with Crippen molar-refractivity contribution in [2.24, 2.45) is 10.7 Å². The van der Waals surface area contributed by atoms with E-state index in [9.17, 15) is 0 Å². The number of aliphatic imine (C=N–C) groups is 1. The van der Waals surface area contributed by atoms with Gasteiger partial charge in [-0.3, -0.25) is 9.89 Å². The second kappa shape index (κ2) is 7.68. The van der Waals surface area contributed by atoms with Gasteiger partial charge in [0.2, 0.25) is 0 Å². The molecule has 6 heteroatoms. The molecular formula is C16H27IN4O. The van der Waals surface area contributed by atoms with Gasteiger partial charge in [-0.05, 0) is 57.8 Å². The summed E-state index contributed by atoms with van der Waals surface area (Å²) in [6.07, 6.45) is 4.99. The molecule has 3 rings (SSSR count). The van der Waals surface area contributed by atoms with E-state index in [1.165, 1.54) is 25.7 Å². The molecule has 1 saturated heterocycles. The van der Waals surface area contributed by atoms with Crippen molar-refractivity contribution in [3.05, 3.63) is 23.7 Å². The number of nitrogens with two attached hydrogens (primary N) is 1. The minimum absolute atomic E-state index is 0. The standard InChI is InChI=1S/C16H26N4O.HI/c1-12-5-8-15(21-12)14(20-9-3-4-10-20)11-18-16(17)19(2)13-6-7-13;/h5,8,13-14H,3-4,6-7,9-11H2,1-2H3,(H2,17,18);1H. The maximum absolute atomic E-state index is 6.12. The van der Waals surface area contributed by atoms with E-state index in [1.807, 2.05) is 20.0 Å². The summed E-state index contributed by atoms with van der Waals surface area (Å²) in [5, 5.41) is 0. The molecule has 2 aliphatic rings. The van der Waals surface area contributed by atoms with Gasteiger partial charge < -0.3 is 15.1 Å². The largest absolute Gasteiger partial charge is 0.465 e. The molecule has 2 N–H and O–H groups in total. The first kappa shape index (κ1) is 17.6. The van der Waals surface area contributed by atoms with Crippen LogP contribution in [-0.4, -0.2) is 48.5 Å². The van der Waals surface area contributed by atoms with E-state index in [0.717, 1.165) is 24.6 Å². The van der Waals surface area contributed by atoms with Gasteiger partial charge in [0, 0.05) is 13.1 Å². The van der Waals surface area contributed by atoms with E-state index in [-0.39, 0.29) is 30.0 Å². The van der Waals surface area contributed by atoms with E-state index in [4.69, 9.17) is 10.2 Å². The number of guanidine groups is 1. The lowest BCUT2D eigenvalue weighted by Gasteiger charge is -2.25. The Balaban J connectivity index is 0.00000176. The molecule has 0 spiro atoms. The molecule has 0 radical (unpaired) electrons. The average molecular weight is 418 g/mol. The van der Waals surface area contributed by atoms with Crippen molar-refractivity contribution in [3.63, 3.8) is 0 Å². The monoisotopic (exact) mass is 418 g/mol. The average Bonchev–Trinajstić information content (AvgIpc) is 3.01. The first-order valence-corrected chi connectivity index (χ1v) is 7.98. The minimum atomic E-state index is 0. The van der Waals surface area contributed by atoms with Crippen LogP contribution in [0.2, 0.25) is 0 Å². The Bertz CT molecular complexity index is 506. The molecule has 22 heavy (non-hydrogen) atoms. The first-order valence-electron chi connectivity index (χ1n) is 7.98.